The van der Waals surface area contributed by atoms with Gasteiger partial charge in [-0.1, -0.05) is 12.6 Å². The number of nitrogens with two attached hydrogens (primary N) is 1. The first-order valence-corrected chi connectivity index (χ1v) is 9.37. The Bertz CT molecular complexity index is 1110. The number of methoxy groups -OCH3 is 1. The minimum absolute atomic E-state index is 0.420. The molecule has 2 aromatic heterocycles. The van der Waals surface area contributed by atoms with Crippen LogP contribution in [0.4, 0.5) is 0 Å². The summed E-state index contributed by atoms with van der Waals surface area (Å²) in [5.74, 6) is 1.14. The zero-order valence-corrected chi connectivity index (χ0v) is 16.6. The first-order valence-electron chi connectivity index (χ1n) is 9.37. The minimum Gasteiger partial charge on any atom is -0.480 e. The lowest BCUT2D eigenvalue weighted by atomic mass is 10.1. The number of H-pyrrole nitrogens is 1. The number of nitrogens with one attached hydrogen (secondary N) is 1. The number of rotatable bonds is 5. The maximum Gasteiger partial charge on any atom is 0.232 e. The van der Waals surface area contributed by atoms with E-state index in [2.05, 4.69) is 48.8 Å². The molecular weight excluding hydrogens is 382 g/mol. The summed E-state index contributed by atoms with van der Waals surface area (Å²) in [6.07, 6.45) is 6.48. The lowest BCUT2D eigenvalue weighted by molar-refractivity contribution is 0.0684. The van der Waals surface area contributed by atoms with Gasteiger partial charge < -0.3 is 20.1 Å². The molecule has 0 atom stereocenters. The fourth-order valence-corrected chi connectivity index (χ4v) is 3.13. The fourth-order valence-electron chi connectivity index (χ4n) is 3.13. The van der Waals surface area contributed by atoms with Crippen molar-refractivity contribution in [2.24, 2.45) is 10.7 Å². The zero-order valence-electron chi connectivity index (χ0n) is 16.6. The highest BCUT2D eigenvalue weighted by molar-refractivity contribution is 6.02. The van der Waals surface area contributed by atoms with E-state index in [1.54, 1.807) is 25.6 Å². The second-order valence-electron chi connectivity index (χ2n) is 6.48. The van der Waals surface area contributed by atoms with Crippen molar-refractivity contribution in [2.75, 3.05) is 33.4 Å². The third kappa shape index (κ3) is 3.94. The molecule has 0 unspecified atom stereocenters. The van der Waals surface area contributed by atoms with Crippen molar-refractivity contribution in [1.29, 1.82) is 0 Å². The maximum absolute atomic E-state index is 6.41. The van der Waals surface area contributed by atoms with Gasteiger partial charge in [0, 0.05) is 30.8 Å². The summed E-state index contributed by atoms with van der Waals surface area (Å²) in [7, 11) is 1.54. The second-order valence-corrected chi connectivity index (χ2v) is 6.48. The number of aromatic amines is 1. The Hall–Kier alpha value is -3.90. The van der Waals surface area contributed by atoms with Crippen molar-refractivity contribution in [3.05, 3.63) is 55.1 Å². The van der Waals surface area contributed by atoms with Crippen molar-refractivity contribution in [3.63, 3.8) is 0 Å². The van der Waals surface area contributed by atoms with Gasteiger partial charge in [-0.25, -0.2) is 9.98 Å². The Labute approximate surface area is 173 Å². The van der Waals surface area contributed by atoms with E-state index in [0.717, 1.165) is 18.5 Å². The molecule has 1 aliphatic rings. The van der Waals surface area contributed by atoms with Crippen LogP contribution in [0.2, 0.25) is 0 Å². The number of hydrogen-bond donors (Lipinski definition) is 2. The smallest absolute Gasteiger partial charge is 0.232 e. The highest BCUT2D eigenvalue weighted by Crippen LogP contribution is 2.24. The van der Waals surface area contributed by atoms with Crippen LogP contribution in [0.15, 0.2) is 42.3 Å². The Kier molecular flexibility index (Phi) is 5.59. The molecule has 0 saturated carbocycles. The summed E-state index contributed by atoms with van der Waals surface area (Å²) in [5.41, 5.74) is 9.48. The number of amidine groups is 1. The van der Waals surface area contributed by atoms with Crippen molar-refractivity contribution in [2.45, 2.75) is 0 Å². The number of aromatic nitrogens is 4. The topological polar surface area (TPSA) is 115 Å². The molecule has 4 rings (SSSR count). The monoisotopic (exact) mass is 403 g/mol. The number of nitrogens with zero attached hydrogens (tertiary/aromatic N) is 5. The van der Waals surface area contributed by atoms with E-state index in [1.165, 1.54) is 6.20 Å². The van der Waals surface area contributed by atoms with Crippen LogP contribution in [0.25, 0.3) is 27.9 Å². The summed E-state index contributed by atoms with van der Waals surface area (Å²) in [6, 6.07) is 8.03. The van der Waals surface area contributed by atoms with E-state index >= 15 is 0 Å². The zero-order chi connectivity index (χ0) is 20.9. The van der Waals surface area contributed by atoms with Gasteiger partial charge in [0.15, 0.2) is 0 Å². The van der Waals surface area contributed by atoms with E-state index in [9.17, 15) is 0 Å². The fraction of sp³-hybridized carbons (Fsp3) is 0.238. The van der Waals surface area contributed by atoms with Crippen LogP contribution in [0.3, 0.4) is 0 Å². The summed E-state index contributed by atoms with van der Waals surface area (Å²) in [4.78, 5) is 15.0. The third-order valence-electron chi connectivity index (χ3n) is 4.63. The number of fused-ring (bicyclic) bond motifs is 1. The van der Waals surface area contributed by atoms with Gasteiger partial charge in [-0.15, -0.1) is 0 Å². The van der Waals surface area contributed by atoms with Crippen LogP contribution in [-0.4, -0.2) is 64.3 Å². The second kappa shape index (κ2) is 8.63. The molecule has 0 aliphatic carbocycles. The molecule has 30 heavy (non-hydrogen) atoms. The molecule has 0 radical (unpaired) electrons. The number of morpholine rings is 1. The summed E-state index contributed by atoms with van der Waals surface area (Å²) in [5, 5.41) is 8.10. The Morgan fingerprint density at radius 2 is 2.20 bits per heavy atom. The average Bonchev–Trinajstić information content (AvgIpc) is 3.23. The van der Waals surface area contributed by atoms with E-state index < -0.39 is 0 Å². The van der Waals surface area contributed by atoms with Crippen LogP contribution >= 0.6 is 0 Å². The standard InChI is InChI=1S/C21H21N7O2/c1-3-24-19(28-6-8-30-9-7-28)11-16(22)21-15-10-14(4-5-17(15)26-27-21)18-12-23-13-20(25-18)29-2/h3,10-13H,1,6-9,22H2,2H3,(H,26,27)/b16-11-,24-19?. The molecule has 0 amide bonds. The van der Waals surface area contributed by atoms with E-state index in [0.29, 0.717) is 53.1 Å². The number of hydrogen-bond acceptors (Lipinski definition) is 7. The molecule has 3 heterocycles. The quantitative estimate of drug-likeness (QED) is 0.493. The predicted octanol–water partition coefficient (Wildman–Crippen LogP) is 1.80. The van der Waals surface area contributed by atoms with Crippen LogP contribution in [0.5, 0.6) is 5.88 Å². The molecule has 1 fully saturated rings. The molecule has 0 bridgehead atoms. The van der Waals surface area contributed by atoms with Crippen molar-refractivity contribution >= 4 is 22.4 Å². The normalized spacial score (nSPS) is 15.2. The largest absolute Gasteiger partial charge is 0.480 e. The molecule has 3 N–H and O–H groups in total. The van der Waals surface area contributed by atoms with Crippen molar-refractivity contribution in [1.82, 2.24) is 25.1 Å². The van der Waals surface area contributed by atoms with Crippen LogP contribution < -0.4 is 10.5 Å². The Morgan fingerprint density at radius 1 is 1.37 bits per heavy atom. The maximum atomic E-state index is 6.41. The predicted molar refractivity (Wildman–Crippen MR) is 114 cm³/mol. The van der Waals surface area contributed by atoms with Gasteiger partial charge in [0.25, 0.3) is 0 Å². The molecule has 1 aliphatic heterocycles. The summed E-state index contributed by atoms with van der Waals surface area (Å²) in [6.45, 7) is 6.46. The van der Waals surface area contributed by atoms with Crippen molar-refractivity contribution in [3.8, 4) is 17.1 Å². The lowest BCUT2D eigenvalue weighted by Gasteiger charge is -2.28. The van der Waals surface area contributed by atoms with Crippen molar-refractivity contribution < 1.29 is 9.47 Å². The molecule has 9 heteroatoms. The van der Waals surface area contributed by atoms with E-state index in [1.807, 2.05) is 6.07 Å². The molecule has 3 aromatic rings. The molecule has 0 spiro atoms. The Balaban J connectivity index is 1.71. The van der Waals surface area contributed by atoms with Gasteiger partial charge in [-0.2, -0.15) is 5.10 Å². The average molecular weight is 403 g/mol. The SMILES string of the molecule is C=CN=C(/C=C(\N)c1n[nH]c2c#cc(-c3cncc(OC)n3)cc12)N1CCOCC1. The van der Waals surface area contributed by atoms with Gasteiger partial charge >= 0.3 is 0 Å². The Morgan fingerprint density at radius 3 is 2.97 bits per heavy atom. The number of ether oxygens (including phenoxy) is 2. The third-order valence-corrected chi connectivity index (χ3v) is 4.63. The van der Waals surface area contributed by atoms with Gasteiger partial charge in [-0.05, 0) is 12.1 Å². The van der Waals surface area contributed by atoms with E-state index in [4.69, 9.17) is 15.2 Å². The van der Waals surface area contributed by atoms with Gasteiger partial charge in [0.05, 0.1) is 44.0 Å². The first kappa shape index (κ1) is 19.4. The summed E-state index contributed by atoms with van der Waals surface area (Å²) < 4.78 is 10.6. The summed E-state index contributed by atoms with van der Waals surface area (Å²) >= 11 is 0. The molecule has 1 saturated heterocycles. The molecule has 152 valence electrons. The van der Waals surface area contributed by atoms with Crippen LogP contribution in [-0.2, 0) is 4.74 Å². The minimum atomic E-state index is 0.420. The van der Waals surface area contributed by atoms with Crippen LogP contribution in [0, 0.1) is 12.1 Å². The molecule has 9 nitrogen and oxygen atoms in total. The van der Waals surface area contributed by atoms with Gasteiger partial charge in [0.2, 0.25) is 5.88 Å². The van der Waals surface area contributed by atoms with Gasteiger partial charge in [0.1, 0.15) is 22.7 Å². The lowest BCUT2D eigenvalue weighted by Crippen LogP contribution is -2.40. The first-order chi connectivity index (χ1) is 14.7. The molecular formula is C21H21N7O2. The number of aliphatic imine (C=N–C) groups is 1. The van der Waals surface area contributed by atoms with Gasteiger partial charge in [-0.3, -0.25) is 10.1 Å². The highest BCUT2D eigenvalue weighted by atomic mass is 16.5. The highest BCUT2D eigenvalue weighted by Gasteiger charge is 2.16. The van der Waals surface area contributed by atoms with Crippen LogP contribution in [0.1, 0.15) is 5.69 Å². The molecule has 1 aromatic carbocycles. The van der Waals surface area contributed by atoms with E-state index in [-0.39, 0.29) is 0 Å².